The van der Waals surface area contributed by atoms with E-state index in [0.717, 1.165) is 28.2 Å². The molecule has 160 valence electrons. The highest BCUT2D eigenvalue weighted by atomic mass is 35.5. The molecule has 8 nitrogen and oxygen atoms in total. The molecule has 2 aromatic rings. The van der Waals surface area contributed by atoms with Gasteiger partial charge in [0.2, 0.25) is 5.96 Å². The van der Waals surface area contributed by atoms with Gasteiger partial charge in [0.25, 0.3) is 5.91 Å². The van der Waals surface area contributed by atoms with Crippen molar-refractivity contribution in [2.45, 2.75) is 13.8 Å². The molecule has 0 aliphatic carbocycles. The zero-order valence-electron chi connectivity index (χ0n) is 17.3. The molecule has 0 bridgehead atoms. The van der Waals surface area contributed by atoms with Crippen molar-refractivity contribution in [1.82, 2.24) is 14.7 Å². The van der Waals surface area contributed by atoms with Gasteiger partial charge in [-0.25, -0.2) is 9.98 Å². The van der Waals surface area contributed by atoms with E-state index in [4.69, 9.17) is 28.9 Å². The van der Waals surface area contributed by atoms with E-state index in [2.05, 4.69) is 20.4 Å². The molecule has 0 saturated carbocycles. The molecule has 1 aromatic carbocycles. The molecule has 3 N–H and O–H groups in total. The summed E-state index contributed by atoms with van der Waals surface area (Å²) in [4.78, 5) is 23.8. The lowest BCUT2D eigenvalue weighted by atomic mass is 9.99. The van der Waals surface area contributed by atoms with Crippen LogP contribution in [0.25, 0.3) is 5.70 Å². The predicted molar refractivity (Wildman–Crippen MR) is 124 cm³/mol. The lowest BCUT2D eigenvalue weighted by Gasteiger charge is -2.33. The average molecular weight is 458 g/mol. The maximum atomic E-state index is 12.9. The Kier molecular flexibility index (Phi) is 5.70. The lowest BCUT2D eigenvalue weighted by Crippen LogP contribution is -2.36. The Morgan fingerprint density at radius 3 is 2.68 bits per heavy atom. The molecule has 1 amide bonds. The number of nitrogens with zero attached hydrogens (tertiary/aromatic N) is 5. The smallest absolute Gasteiger partial charge is 0.256 e. The number of nitrogens with one attached hydrogen (secondary N) is 1. The Labute approximate surface area is 189 Å². The number of anilines is 1. The van der Waals surface area contributed by atoms with Crippen LogP contribution in [0.4, 0.5) is 5.82 Å². The number of hydrogen-bond donors (Lipinski definition) is 2. The molecule has 0 spiro atoms. The van der Waals surface area contributed by atoms with E-state index in [1.54, 1.807) is 41.0 Å². The number of carbonyl (C=O) groups is 1. The quantitative estimate of drug-likeness (QED) is 0.734. The highest BCUT2D eigenvalue weighted by Crippen LogP contribution is 2.35. The van der Waals surface area contributed by atoms with Crippen LogP contribution in [0.3, 0.4) is 0 Å². The van der Waals surface area contributed by atoms with Gasteiger partial charge < -0.3 is 11.1 Å². The standard InChI is InChI=1S/C21H21Cl2N7O/c1-11-6-18(29(3)28-11)27-20(31)13-9-25-21-26-12(2)16(8-24)19(30(21)10-13)15-5-4-14(22)7-17(15)23/h4-7,10H,8-9,24H2,1-3H3,(H,27,31). The number of nitrogens with two attached hydrogens (primary N) is 1. The first-order chi connectivity index (χ1) is 14.8. The molecule has 0 atom stereocenters. The topological polar surface area (TPSA) is 101 Å². The number of amides is 1. The third-order valence-corrected chi connectivity index (χ3v) is 5.60. The summed E-state index contributed by atoms with van der Waals surface area (Å²) >= 11 is 12.6. The molecular weight excluding hydrogens is 437 g/mol. The molecule has 1 aromatic heterocycles. The summed E-state index contributed by atoms with van der Waals surface area (Å²) in [5.74, 6) is 0.807. The summed E-state index contributed by atoms with van der Waals surface area (Å²) in [6.45, 7) is 4.19. The van der Waals surface area contributed by atoms with Gasteiger partial charge in [0.1, 0.15) is 5.82 Å². The highest BCUT2D eigenvalue weighted by molar-refractivity contribution is 6.36. The molecule has 31 heavy (non-hydrogen) atoms. The van der Waals surface area contributed by atoms with Gasteiger partial charge in [-0.3, -0.25) is 14.4 Å². The van der Waals surface area contributed by atoms with Crippen LogP contribution in [0.1, 0.15) is 18.2 Å². The molecule has 4 rings (SSSR count). The second kappa shape index (κ2) is 8.30. The monoisotopic (exact) mass is 457 g/mol. The Hall–Kier alpha value is -2.94. The van der Waals surface area contributed by atoms with E-state index < -0.39 is 0 Å². The van der Waals surface area contributed by atoms with Crippen LogP contribution in [0.5, 0.6) is 0 Å². The summed E-state index contributed by atoms with van der Waals surface area (Å²) in [5, 5.41) is 8.13. The molecule has 3 heterocycles. The number of halogens is 2. The molecule has 0 unspecified atom stereocenters. The Bertz CT molecular complexity index is 1210. The number of aliphatic imine (C=N–C) groups is 2. The van der Waals surface area contributed by atoms with Gasteiger partial charge in [-0.2, -0.15) is 5.10 Å². The van der Waals surface area contributed by atoms with Gasteiger partial charge in [-0.15, -0.1) is 0 Å². The summed E-state index contributed by atoms with van der Waals surface area (Å²) in [6, 6.07) is 7.06. The van der Waals surface area contributed by atoms with Crippen LogP contribution >= 0.6 is 23.2 Å². The number of carbonyl (C=O) groups excluding carboxylic acids is 1. The van der Waals surface area contributed by atoms with Crippen LogP contribution in [-0.4, -0.2) is 45.3 Å². The third kappa shape index (κ3) is 4.01. The Balaban J connectivity index is 1.75. The molecule has 0 saturated heterocycles. The summed E-state index contributed by atoms with van der Waals surface area (Å²) < 4.78 is 1.62. The van der Waals surface area contributed by atoms with Gasteiger partial charge in [0, 0.05) is 47.7 Å². The number of hydrogen-bond acceptors (Lipinski definition) is 6. The fourth-order valence-electron chi connectivity index (χ4n) is 3.55. The van der Waals surface area contributed by atoms with Crippen LogP contribution in [-0.2, 0) is 11.8 Å². The fourth-order valence-corrected chi connectivity index (χ4v) is 4.05. The fraction of sp³-hybridized carbons (Fsp3) is 0.238. The first kappa shape index (κ1) is 21.3. The zero-order chi connectivity index (χ0) is 22.3. The average Bonchev–Trinajstić information content (AvgIpc) is 3.03. The lowest BCUT2D eigenvalue weighted by molar-refractivity contribution is -0.113. The van der Waals surface area contributed by atoms with Crippen LogP contribution in [0, 0.1) is 6.92 Å². The van der Waals surface area contributed by atoms with Crippen molar-refractivity contribution >= 4 is 52.3 Å². The van der Waals surface area contributed by atoms with Crippen LogP contribution in [0.15, 0.2) is 51.6 Å². The van der Waals surface area contributed by atoms with Gasteiger partial charge in [-0.1, -0.05) is 23.2 Å². The number of aryl methyl sites for hydroxylation is 2. The van der Waals surface area contributed by atoms with Crippen LogP contribution in [0.2, 0.25) is 10.0 Å². The molecule has 0 radical (unpaired) electrons. The second-order valence-corrected chi connectivity index (χ2v) is 8.09. The van der Waals surface area contributed by atoms with E-state index >= 15 is 0 Å². The minimum absolute atomic E-state index is 0.199. The predicted octanol–water partition coefficient (Wildman–Crippen LogP) is 3.37. The molecular formula is C21H21Cl2N7O. The number of aromatic nitrogens is 2. The Morgan fingerprint density at radius 2 is 2.03 bits per heavy atom. The highest BCUT2D eigenvalue weighted by Gasteiger charge is 2.30. The zero-order valence-corrected chi connectivity index (χ0v) is 18.8. The van der Waals surface area contributed by atoms with Gasteiger partial charge in [0.15, 0.2) is 0 Å². The SMILES string of the molecule is CC1=NC2=NCC(C(=O)Nc3cc(C)nn3C)=CN2C(c2ccc(Cl)cc2Cl)=C1CN. The molecule has 10 heteroatoms. The van der Waals surface area contributed by atoms with Gasteiger partial charge in [0.05, 0.1) is 28.5 Å². The van der Waals surface area contributed by atoms with Crippen molar-refractivity contribution in [3.63, 3.8) is 0 Å². The van der Waals surface area contributed by atoms with Crippen molar-refractivity contribution in [3.05, 3.63) is 62.9 Å². The molecule has 0 fully saturated rings. The van der Waals surface area contributed by atoms with E-state index in [1.165, 1.54) is 0 Å². The van der Waals surface area contributed by atoms with Crippen molar-refractivity contribution in [1.29, 1.82) is 0 Å². The first-order valence-electron chi connectivity index (χ1n) is 9.59. The van der Waals surface area contributed by atoms with Crippen molar-refractivity contribution < 1.29 is 4.79 Å². The van der Waals surface area contributed by atoms with Crippen molar-refractivity contribution in [2.75, 3.05) is 18.4 Å². The van der Waals surface area contributed by atoms with Gasteiger partial charge in [-0.05, 0) is 32.0 Å². The molecule has 2 aliphatic heterocycles. The van der Waals surface area contributed by atoms with Crippen molar-refractivity contribution in [2.24, 2.45) is 22.8 Å². The number of fused-ring (bicyclic) bond motifs is 1. The largest absolute Gasteiger partial charge is 0.326 e. The van der Waals surface area contributed by atoms with Gasteiger partial charge >= 0.3 is 0 Å². The normalized spacial score (nSPS) is 15.9. The second-order valence-electron chi connectivity index (χ2n) is 7.24. The number of guanidine groups is 1. The summed E-state index contributed by atoms with van der Waals surface area (Å²) in [5.41, 5.74) is 10.4. The van der Waals surface area contributed by atoms with Crippen molar-refractivity contribution in [3.8, 4) is 0 Å². The molecule has 2 aliphatic rings. The number of benzene rings is 1. The van der Waals surface area contributed by atoms with E-state index in [-0.39, 0.29) is 19.0 Å². The first-order valence-corrected chi connectivity index (χ1v) is 10.3. The maximum Gasteiger partial charge on any atom is 0.256 e. The summed E-state index contributed by atoms with van der Waals surface area (Å²) in [7, 11) is 1.77. The number of rotatable bonds is 4. The minimum Gasteiger partial charge on any atom is -0.326 e. The maximum absolute atomic E-state index is 12.9. The van der Waals surface area contributed by atoms with E-state index in [0.29, 0.717) is 27.4 Å². The van der Waals surface area contributed by atoms with Crippen LogP contribution < -0.4 is 11.1 Å². The van der Waals surface area contributed by atoms with E-state index in [9.17, 15) is 4.79 Å². The third-order valence-electron chi connectivity index (χ3n) is 5.05. The minimum atomic E-state index is -0.270. The summed E-state index contributed by atoms with van der Waals surface area (Å²) in [6.07, 6.45) is 1.73. The van der Waals surface area contributed by atoms with E-state index in [1.807, 2.05) is 19.9 Å². The Morgan fingerprint density at radius 1 is 1.26 bits per heavy atom.